The average molecular weight is 219 g/mol. The summed E-state index contributed by atoms with van der Waals surface area (Å²) < 4.78 is 5.08. The van der Waals surface area contributed by atoms with Crippen molar-refractivity contribution < 1.29 is 9.53 Å². The van der Waals surface area contributed by atoms with Crippen LogP contribution in [0.5, 0.6) is 5.75 Å². The number of thiol groups is 1. The first-order chi connectivity index (χ1) is 7.17. The van der Waals surface area contributed by atoms with Gasteiger partial charge in [-0.1, -0.05) is 0 Å². The van der Waals surface area contributed by atoms with Gasteiger partial charge in [-0.15, -0.1) is 12.6 Å². The highest BCUT2D eigenvalue weighted by atomic mass is 32.1. The third-order valence-corrected chi connectivity index (χ3v) is 1.91. The normalized spacial score (nSPS) is 9.93. The van der Waals surface area contributed by atoms with Crippen molar-refractivity contribution in [2.45, 2.75) is 0 Å². The summed E-state index contributed by atoms with van der Waals surface area (Å²) in [5.74, 6) is 0.611. The summed E-state index contributed by atoms with van der Waals surface area (Å²) in [6.45, 7) is 0. The molecule has 4 heteroatoms. The van der Waals surface area contributed by atoms with E-state index in [-0.39, 0.29) is 5.12 Å². The number of carbonyl (C=O) groups is 1. The Balaban J connectivity index is 3.13. The van der Waals surface area contributed by atoms with E-state index in [1.54, 1.807) is 24.3 Å². The van der Waals surface area contributed by atoms with Crippen LogP contribution in [0.3, 0.4) is 0 Å². The molecule has 0 aliphatic carbocycles. The fourth-order valence-corrected chi connectivity index (χ4v) is 1.17. The summed E-state index contributed by atoms with van der Waals surface area (Å²) in [5.41, 5.74) is 1.20. The van der Waals surface area contributed by atoms with E-state index in [0.29, 0.717) is 16.9 Å². The maximum Gasteiger partial charge on any atom is 0.209 e. The molecular formula is C11H9NO2S. The van der Waals surface area contributed by atoms with Gasteiger partial charge < -0.3 is 4.74 Å². The zero-order valence-corrected chi connectivity index (χ0v) is 8.99. The number of ether oxygens (including phenoxy) is 1. The topological polar surface area (TPSA) is 50.1 Å². The van der Waals surface area contributed by atoms with Gasteiger partial charge in [0.2, 0.25) is 5.12 Å². The quantitative estimate of drug-likeness (QED) is 0.625. The van der Waals surface area contributed by atoms with Crippen molar-refractivity contribution in [2.24, 2.45) is 0 Å². The van der Waals surface area contributed by atoms with Gasteiger partial charge in [-0.2, -0.15) is 5.26 Å². The molecule has 0 unspecified atom stereocenters. The number of hydrogen-bond donors (Lipinski definition) is 1. The molecule has 1 aromatic rings. The van der Waals surface area contributed by atoms with E-state index in [1.165, 1.54) is 13.2 Å². The van der Waals surface area contributed by atoms with Crippen LogP contribution in [0.2, 0.25) is 0 Å². The Hall–Kier alpha value is -1.73. The molecule has 0 aliphatic heterocycles. The minimum Gasteiger partial charge on any atom is -0.496 e. The summed E-state index contributed by atoms with van der Waals surface area (Å²) in [5, 5.41) is 8.36. The van der Waals surface area contributed by atoms with E-state index in [2.05, 4.69) is 12.6 Å². The lowest BCUT2D eigenvalue weighted by molar-refractivity contribution is -0.106. The largest absolute Gasteiger partial charge is 0.496 e. The molecule has 15 heavy (non-hydrogen) atoms. The predicted molar refractivity (Wildman–Crippen MR) is 60.7 cm³/mol. The van der Waals surface area contributed by atoms with Crippen LogP contribution in [0.15, 0.2) is 24.3 Å². The Labute approximate surface area is 93.4 Å². The molecule has 0 fully saturated rings. The molecule has 76 valence electrons. The standard InChI is InChI=1S/C11H9NO2S/c1-14-10-4-2-8(7-12)6-9(10)3-5-11(13)15/h2-6H,1H3,(H,13,15)/b5-3+. The Morgan fingerprint density at radius 1 is 1.60 bits per heavy atom. The molecule has 0 bridgehead atoms. The van der Waals surface area contributed by atoms with Crippen LogP contribution in [0.1, 0.15) is 11.1 Å². The molecule has 3 nitrogen and oxygen atoms in total. The Morgan fingerprint density at radius 2 is 2.33 bits per heavy atom. The van der Waals surface area contributed by atoms with E-state index in [1.807, 2.05) is 6.07 Å². The molecule has 0 saturated carbocycles. The van der Waals surface area contributed by atoms with Gasteiger partial charge in [0.15, 0.2) is 0 Å². The first-order valence-electron chi connectivity index (χ1n) is 4.16. The second kappa shape index (κ2) is 5.23. The van der Waals surface area contributed by atoms with Gasteiger partial charge in [-0.05, 0) is 30.4 Å². The zero-order chi connectivity index (χ0) is 11.3. The highest BCUT2D eigenvalue weighted by Crippen LogP contribution is 2.21. The van der Waals surface area contributed by atoms with Gasteiger partial charge in [-0.3, -0.25) is 4.79 Å². The molecule has 0 aromatic heterocycles. The summed E-state index contributed by atoms with van der Waals surface area (Å²) in [6, 6.07) is 6.99. The van der Waals surface area contributed by atoms with Gasteiger partial charge in [0.1, 0.15) is 5.75 Å². The lowest BCUT2D eigenvalue weighted by Crippen LogP contribution is -1.88. The molecule has 1 aromatic carbocycles. The van der Waals surface area contributed by atoms with Crippen LogP contribution in [-0.2, 0) is 4.79 Å². The van der Waals surface area contributed by atoms with Crippen LogP contribution in [0.25, 0.3) is 6.08 Å². The summed E-state index contributed by atoms with van der Waals surface area (Å²) >= 11 is 3.61. The monoisotopic (exact) mass is 219 g/mol. The molecular weight excluding hydrogens is 210 g/mol. The van der Waals surface area contributed by atoms with Gasteiger partial charge in [-0.25, -0.2) is 0 Å². The number of benzene rings is 1. The Bertz CT molecular complexity index is 446. The number of nitrogens with zero attached hydrogens (tertiary/aromatic N) is 1. The first-order valence-corrected chi connectivity index (χ1v) is 4.61. The van der Waals surface area contributed by atoms with Crippen LogP contribution >= 0.6 is 12.6 Å². The van der Waals surface area contributed by atoms with Gasteiger partial charge >= 0.3 is 0 Å². The van der Waals surface area contributed by atoms with E-state index in [0.717, 1.165) is 0 Å². The summed E-state index contributed by atoms with van der Waals surface area (Å²) in [7, 11) is 1.53. The van der Waals surface area contributed by atoms with E-state index in [9.17, 15) is 4.79 Å². The average Bonchev–Trinajstić information content (AvgIpc) is 2.25. The molecule has 1 rings (SSSR count). The second-order valence-corrected chi connectivity index (χ2v) is 3.18. The number of rotatable bonds is 3. The van der Waals surface area contributed by atoms with Crippen LogP contribution in [0.4, 0.5) is 0 Å². The fourth-order valence-electron chi connectivity index (χ4n) is 1.10. The Kier molecular flexibility index (Phi) is 3.95. The predicted octanol–water partition coefficient (Wildman–Crippen LogP) is 2.04. The molecule has 0 N–H and O–H groups in total. The van der Waals surface area contributed by atoms with Crippen molar-refractivity contribution in [3.63, 3.8) is 0 Å². The van der Waals surface area contributed by atoms with Crippen molar-refractivity contribution in [3.05, 3.63) is 35.4 Å². The maximum atomic E-state index is 10.6. The van der Waals surface area contributed by atoms with Gasteiger partial charge in [0.05, 0.1) is 18.7 Å². The fraction of sp³-hybridized carbons (Fsp3) is 0.0909. The van der Waals surface area contributed by atoms with Crippen LogP contribution in [0, 0.1) is 11.3 Å². The number of carbonyl (C=O) groups excluding carboxylic acids is 1. The van der Waals surface area contributed by atoms with Gasteiger partial charge in [0.25, 0.3) is 0 Å². The van der Waals surface area contributed by atoms with Gasteiger partial charge in [0, 0.05) is 5.56 Å². The van der Waals surface area contributed by atoms with E-state index < -0.39 is 0 Å². The van der Waals surface area contributed by atoms with Crippen molar-refractivity contribution in [2.75, 3.05) is 7.11 Å². The maximum absolute atomic E-state index is 10.6. The SMILES string of the molecule is COc1ccc(C#N)cc1/C=C/C(=O)S. The zero-order valence-electron chi connectivity index (χ0n) is 8.10. The second-order valence-electron chi connectivity index (χ2n) is 2.74. The molecule has 0 atom stereocenters. The van der Waals surface area contributed by atoms with E-state index >= 15 is 0 Å². The third-order valence-electron chi connectivity index (χ3n) is 1.76. The minimum atomic E-state index is -0.348. The highest BCUT2D eigenvalue weighted by molar-refractivity contribution is 7.97. The first kappa shape index (κ1) is 11.3. The smallest absolute Gasteiger partial charge is 0.209 e. The number of methoxy groups -OCH3 is 1. The van der Waals surface area contributed by atoms with Crippen molar-refractivity contribution in [1.29, 1.82) is 5.26 Å². The lowest BCUT2D eigenvalue weighted by atomic mass is 10.1. The molecule has 0 heterocycles. The van der Waals surface area contributed by atoms with Crippen LogP contribution < -0.4 is 4.74 Å². The summed E-state index contributed by atoms with van der Waals surface area (Å²) in [6.07, 6.45) is 2.87. The minimum absolute atomic E-state index is 0.348. The molecule has 0 amide bonds. The molecule has 0 saturated heterocycles. The van der Waals surface area contributed by atoms with Crippen molar-refractivity contribution in [1.82, 2.24) is 0 Å². The van der Waals surface area contributed by atoms with Crippen LogP contribution in [-0.4, -0.2) is 12.2 Å². The lowest BCUT2D eigenvalue weighted by Gasteiger charge is -2.04. The third kappa shape index (κ3) is 3.15. The number of nitriles is 1. The molecule has 0 aliphatic rings. The highest BCUT2D eigenvalue weighted by Gasteiger charge is 2.01. The van der Waals surface area contributed by atoms with Crippen molar-refractivity contribution in [3.8, 4) is 11.8 Å². The summed E-state index contributed by atoms with van der Waals surface area (Å²) in [4.78, 5) is 10.6. The number of hydrogen-bond acceptors (Lipinski definition) is 3. The van der Waals surface area contributed by atoms with E-state index in [4.69, 9.17) is 10.00 Å². The Morgan fingerprint density at radius 3 is 2.87 bits per heavy atom. The molecule has 0 radical (unpaired) electrons. The van der Waals surface area contributed by atoms with Crippen molar-refractivity contribution >= 4 is 23.8 Å². The molecule has 0 spiro atoms.